The number of likely N-dealkylation sites (N-methyl/N-ethyl adjacent to an activating group) is 1. The Labute approximate surface area is 117 Å². The fourth-order valence-corrected chi connectivity index (χ4v) is 1.49. The standard InChI is InChI=1S/C11H14F6N4/c1-3-7(11(15,16)17)5-19-9-20-21(9)6-8(18-2)4-10(12,13)14/h3,5,8,18H,4,6H2,1-2H3/b7-3+,19-5?/t8-,21?/m0/s1. The molecule has 1 atom stereocenters. The largest absolute Gasteiger partial charge is 0.417 e. The van der Waals surface area contributed by atoms with Crippen molar-refractivity contribution in [2.24, 2.45) is 10.1 Å². The predicted octanol–water partition coefficient (Wildman–Crippen LogP) is 2.69. The van der Waals surface area contributed by atoms with Crippen LogP contribution in [0.1, 0.15) is 13.3 Å². The number of nitrogens with one attached hydrogen (secondary N) is 1. The highest BCUT2D eigenvalue weighted by molar-refractivity contribution is 5.98. The van der Waals surface area contributed by atoms with Crippen molar-refractivity contribution in [3.63, 3.8) is 0 Å². The third kappa shape index (κ3) is 6.15. The molecule has 0 bridgehead atoms. The molecule has 21 heavy (non-hydrogen) atoms. The van der Waals surface area contributed by atoms with Crippen LogP contribution in [-0.2, 0) is 0 Å². The molecule has 0 saturated carbocycles. The van der Waals surface area contributed by atoms with Crippen LogP contribution in [-0.4, -0.2) is 49.2 Å². The Hall–Kier alpha value is -1.58. The van der Waals surface area contributed by atoms with E-state index in [4.69, 9.17) is 0 Å². The van der Waals surface area contributed by atoms with Gasteiger partial charge < -0.3 is 5.32 Å². The van der Waals surface area contributed by atoms with Crippen LogP contribution in [0, 0.1) is 0 Å². The summed E-state index contributed by atoms with van der Waals surface area (Å²) in [5, 5.41) is 7.20. The highest BCUT2D eigenvalue weighted by atomic mass is 19.4. The summed E-state index contributed by atoms with van der Waals surface area (Å²) in [5.41, 5.74) is -0.947. The van der Waals surface area contributed by atoms with Crippen molar-refractivity contribution in [1.29, 1.82) is 0 Å². The number of rotatable bonds is 5. The summed E-state index contributed by atoms with van der Waals surface area (Å²) < 4.78 is 73.9. The smallest absolute Gasteiger partial charge is 0.315 e. The van der Waals surface area contributed by atoms with Crippen molar-refractivity contribution in [2.75, 3.05) is 13.6 Å². The lowest BCUT2D eigenvalue weighted by molar-refractivity contribution is -0.140. The van der Waals surface area contributed by atoms with Gasteiger partial charge in [-0.1, -0.05) is 6.08 Å². The number of allylic oxidation sites excluding steroid dienone is 2. The lowest BCUT2D eigenvalue weighted by atomic mass is 10.2. The molecule has 0 unspecified atom stereocenters. The average Bonchev–Trinajstić information content (AvgIpc) is 3.04. The Morgan fingerprint density at radius 1 is 1.33 bits per heavy atom. The van der Waals surface area contributed by atoms with E-state index in [0.717, 1.165) is 11.1 Å². The lowest BCUT2D eigenvalue weighted by Gasteiger charge is -2.17. The van der Waals surface area contributed by atoms with Crippen molar-refractivity contribution in [2.45, 2.75) is 31.7 Å². The SMILES string of the molecule is C/C=C(\C=NC1=NN1C[C@H](CC(F)(F)F)NC)C(F)(F)F. The van der Waals surface area contributed by atoms with Gasteiger partial charge in [-0.2, -0.15) is 26.3 Å². The zero-order valence-electron chi connectivity index (χ0n) is 11.3. The van der Waals surface area contributed by atoms with Crippen LogP contribution in [0.3, 0.4) is 0 Å². The van der Waals surface area contributed by atoms with Gasteiger partial charge in [0, 0.05) is 12.3 Å². The first-order chi connectivity index (χ1) is 9.56. The number of aliphatic imine (C=N–C) groups is 1. The fourth-order valence-electron chi connectivity index (χ4n) is 1.49. The molecule has 4 nitrogen and oxygen atoms in total. The second-order valence-electron chi connectivity index (χ2n) is 4.29. The van der Waals surface area contributed by atoms with Crippen molar-refractivity contribution in [1.82, 2.24) is 10.3 Å². The number of hydrogen-bond donors (Lipinski definition) is 1. The number of hydrogen-bond acceptors (Lipinski definition) is 4. The predicted molar refractivity (Wildman–Crippen MR) is 66.0 cm³/mol. The fraction of sp³-hybridized carbons (Fsp3) is 0.636. The van der Waals surface area contributed by atoms with Crippen LogP contribution in [0.2, 0.25) is 0 Å². The Kier molecular flexibility index (Phi) is 5.37. The van der Waals surface area contributed by atoms with Gasteiger partial charge in [-0.15, -0.1) is 5.10 Å². The molecule has 0 spiro atoms. The van der Waals surface area contributed by atoms with Crippen molar-refractivity contribution < 1.29 is 26.3 Å². The zero-order chi connectivity index (χ0) is 16.3. The molecule has 0 aliphatic carbocycles. The van der Waals surface area contributed by atoms with E-state index in [2.05, 4.69) is 15.4 Å². The van der Waals surface area contributed by atoms with Gasteiger partial charge in [-0.3, -0.25) is 0 Å². The summed E-state index contributed by atoms with van der Waals surface area (Å²) in [5.74, 6) is -0.0268. The van der Waals surface area contributed by atoms with E-state index in [-0.39, 0.29) is 12.5 Å². The van der Waals surface area contributed by atoms with Gasteiger partial charge in [0.15, 0.2) is 0 Å². The minimum atomic E-state index is -4.53. The molecule has 1 rings (SSSR count). The summed E-state index contributed by atoms with van der Waals surface area (Å²) in [6.45, 7) is 1.10. The Balaban J connectivity index is 2.49. The Morgan fingerprint density at radius 3 is 2.38 bits per heavy atom. The van der Waals surface area contributed by atoms with Gasteiger partial charge in [-0.05, 0) is 14.0 Å². The minimum absolute atomic E-state index is 0.0268. The summed E-state index contributed by atoms with van der Waals surface area (Å²) in [6, 6.07) is -0.912. The lowest BCUT2D eigenvalue weighted by Crippen LogP contribution is -2.37. The Morgan fingerprint density at radius 2 is 1.95 bits per heavy atom. The molecule has 1 heterocycles. The molecular formula is C11H14F6N4. The van der Waals surface area contributed by atoms with E-state index < -0.39 is 30.4 Å². The number of alkyl halides is 6. The van der Waals surface area contributed by atoms with E-state index in [1.165, 1.54) is 14.0 Å². The summed E-state index contributed by atoms with van der Waals surface area (Å²) in [6.07, 6.45) is -8.48. The summed E-state index contributed by atoms with van der Waals surface area (Å²) in [4.78, 5) is 3.49. The maximum Gasteiger partial charge on any atom is 0.417 e. The highest BCUT2D eigenvalue weighted by Gasteiger charge is 2.36. The van der Waals surface area contributed by atoms with Crippen molar-refractivity contribution >= 4 is 12.2 Å². The van der Waals surface area contributed by atoms with Crippen LogP contribution in [0.5, 0.6) is 0 Å². The van der Waals surface area contributed by atoms with Crippen LogP contribution >= 0.6 is 0 Å². The van der Waals surface area contributed by atoms with E-state index >= 15 is 0 Å². The topological polar surface area (TPSA) is 39.8 Å². The molecule has 0 fully saturated rings. The maximum absolute atomic E-state index is 12.4. The summed E-state index contributed by atoms with van der Waals surface area (Å²) >= 11 is 0. The van der Waals surface area contributed by atoms with Crippen LogP contribution in [0.15, 0.2) is 21.7 Å². The molecule has 1 N–H and O–H groups in total. The normalized spacial score (nSPS) is 18.2. The monoisotopic (exact) mass is 316 g/mol. The molecule has 0 aromatic carbocycles. The second-order valence-corrected chi connectivity index (χ2v) is 4.29. The summed E-state index contributed by atoms with van der Waals surface area (Å²) in [7, 11) is 1.37. The molecule has 0 aromatic rings. The number of hydrazone groups is 1. The Bertz CT molecular complexity index is 449. The first kappa shape index (κ1) is 17.5. The molecule has 120 valence electrons. The molecule has 10 heteroatoms. The van der Waals surface area contributed by atoms with E-state index in [0.29, 0.717) is 6.21 Å². The molecule has 1 aliphatic heterocycles. The second kappa shape index (κ2) is 6.46. The number of guanidine groups is 1. The van der Waals surface area contributed by atoms with Crippen LogP contribution in [0.4, 0.5) is 26.3 Å². The first-order valence-corrected chi connectivity index (χ1v) is 5.94. The van der Waals surface area contributed by atoms with Gasteiger partial charge in [0.05, 0.1) is 18.5 Å². The van der Waals surface area contributed by atoms with Crippen molar-refractivity contribution in [3.8, 4) is 0 Å². The molecule has 0 radical (unpaired) electrons. The molecule has 1 aliphatic rings. The van der Waals surface area contributed by atoms with E-state index in [9.17, 15) is 26.3 Å². The van der Waals surface area contributed by atoms with E-state index in [1.54, 1.807) is 0 Å². The van der Waals surface area contributed by atoms with E-state index in [1.807, 2.05) is 0 Å². The molecule has 0 amide bonds. The van der Waals surface area contributed by atoms with Gasteiger partial charge in [-0.25, -0.2) is 10.0 Å². The van der Waals surface area contributed by atoms with Gasteiger partial charge in [0.1, 0.15) is 0 Å². The van der Waals surface area contributed by atoms with Crippen LogP contribution in [0.25, 0.3) is 0 Å². The molecule has 0 saturated heterocycles. The zero-order valence-corrected chi connectivity index (χ0v) is 11.3. The quantitative estimate of drug-likeness (QED) is 0.626. The molecular weight excluding hydrogens is 302 g/mol. The molecule has 0 aromatic heterocycles. The average molecular weight is 316 g/mol. The van der Waals surface area contributed by atoms with Gasteiger partial charge >= 0.3 is 12.4 Å². The van der Waals surface area contributed by atoms with Gasteiger partial charge in [0.2, 0.25) is 0 Å². The van der Waals surface area contributed by atoms with Gasteiger partial charge in [0.25, 0.3) is 5.96 Å². The number of nitrogens with zero attached hydrogens (tertiary/aromatic N) is 3. The minimum Gasteiger partial charge on any atom is -0.315 e. The maximum atomic E-state index is 12.4. The first-order valence-electron chi connectivity index (χ1n) is 5.94. The third-order valence-electron chi connectivity index (χ3n) is 2.64. The van der Waals surface area contributed by atoms with Crippen molar-refractivity contribution in [3.05, 3.63) is 11.6 Å². The number of halogens is 6. The third-order valence-corrected chi connectivity index (χ3v) is 2.64. The highest BCUT2D eigenvalue weighted by Crippen LogP contribution is 2.25. The van der Waals surface area contributed by atoms with Crippen LogP contribution < -0.4 is 5.32 Å².